The molecule has 0 fully saturated rings. The number of H-pyrrole nitrogens is 1. The highest BCUT2D eigenvalue weighted by Crippen LogP contribution is 2.32. The van der Waals surface area contributed by atoms with Crippen molar-refractivity contribution in [2.75, 3.05) is 0 Å². The molecule has 0 spiro atoms. The molecule has 2 aromatic rings. The van der Waals surface area contributed by atoms with Gasteiger partial charge in [-0.15, -0.1) is 0 Å². The fraction of sp³-hybridized carbons (Fsp3) is 0.0769. The van der Waals surface area contributed by atoms with E-state index in [9.17, 15) is 20.0 Å². The first-order valence-corrected chi connectivity index (χ1v) is 5.56. The van der Waals surface area contributed by atoms with E-state index in [1.807, 2.05) is 0 Å². The number of hydrogen-bond acceptors (Lipinski definition) is 5. The predicted molar refractivity (Wildman–Crippen MR) is 70.3 cm³/mol. The Morgan fingerprint density at radius 3 is 2.65 bits per heavy atom. The van der Waals surface area contributed by atoms with Gasteiger partial charge in [0, 0.05) is 17.3 Å². The Kier molecular flexibility index (Phi) is 3.23. The summed E-state index contributed by atoms with van der Waals surface area (Å²) in [6.45, 7) is 1.65. The smallest absolute Gasteiger partial charge is 0.310 e. The van der Waals surface area contributed by atoms with E-state index in [-0.39, 0.29) is 5.56 Å². The van der Waals surface area contributed by atoms with Gasteiger partial charge in [0.15, 0.2) is 5.75 Å². The van der Waals surface area contributed by atoms with Crippen LogP contribution in [0.1, 0.15) is 11.3 Å². The number of nitriles is 1. The minimum atomic E-state index is -0.715. The van der Waals surface area contributed by atoms with Crippen LogP contribution in [0.4, 0.5) is 5.69 Å². The number of aromatic hydroxyl groups is 1. The number of rotatable bonds is 2. The van der Waals surface area contributed by atoms with Crippen LogP contribution in [-0.4, -0.2) is 15.0 Å². The maximum Gasteiger partial charge on any atom is 0.310 e. The number of pyridine rings is 1. The molecule has 0 aliphatic carbocycles. The molecule has 7 heteroatoms. The normalized spacial score (nSPS) is 10.0. The van der Waals surface area contributed by atoms with Crippen molar-refractivity contribution in [1.82, 2.24) is 4.98 Å². The van der Waals surface area contributed by atoms with Gasteiger partial charge in [0.05, 0.1) is 4.92 Å². The molecule has 0 unspecified atom stereocenters. The topological polar surface area (TPSA) is 120 Å². The summed E-state index contributed by atoms with van der Waals surface area (Å²) in [6.07, 6.45) is 0. The Labute approximate surface area is 112 Å². The zero-order valence-corrected chi connectivity index (χ0v) is 10.4. The summed E-state index contributed by atoms with van der Waals surface area (Å²) in [6, 6.07) is 7.03. The zero-order chi connectivity index (χ0) is 14.9. The Morgan fingerprint density at radius 1 is 1.40 bits per heavy atom. The summed E-state index contributed by atoms with van der Waals surface area (Å²) in [5.74, 6) is -0.519. The quantitative estimate of drug-likeness (QED) is 0.637. The molecule has 0 aliphatic heterocycles. The molecule has 0 aliphatic rings. The first-order chi connectivity index (χ1) is 9.43. The third-order valence-electron chi connectivity index (χ3n) is 2.76. The molecule has 100 valence electrons. The van der Waals surface area contributed by atoms with Crippen LogP contribution in [0.5, 0.6) is 5.75 Å². The van der Waals surface area contributed by atoms with Crippen molar-refractivity contribution in [3.05, 3.63) is 56.0 Å². The Balaban J connectivity index is 2.70. The van der Waals surface area contributed by atoms with Gasteiger partial charge in [-0.25, -0.2) is 0 Å². The van der Waals surface area contributed by atoms with Gasteiger partial charge in [-0.3, -0.25) is 14.9 Å². The van der Waals surface area contributed by atoms with E-state index in [0.29, 0.717) is 16.8 Å². The minimum absolute atomic E-state index is 0.108. The van der Waals surface area contributed by atoms with E-state index in [1.165, 1.54) is 6.07 Å². The van der Waals surface area contributed by atoms with Crippen LogP contribution in [0.15, 0.2) is 29.1 Å². The number of nitro groups is 1. The van der Waals surface area contributed by atoms with E-state index >= 15 is 0 Å². The molecule has 1 aromatic carbocycles. The van der Waals surface area contributed by atoms with Crippen molar-refractivity contribution in [3.63, 3.8) is 0 Å². The molecule has 1 heterocycles. The highest BCUT2D eigenvalue weighted by Gasteiger charge is 2.16. The second kappa shape index (κ2) is 4.85. The number of hydrogen-bond donors (Lipinski definition) is 2. The molecular weight excluding hydrogens is 262 g/mol. The summed E-state index contributed by atoms with van der Waals surface area (Å²) in [5.41, 5.74) is 0.137. The molecule has 2 rings (SSSR count). The lowest BCUT2D eigenvalue weighted by Crippen LogP contribution is -2.12. The number of aromatic amines is 1. The summed E-state index contributed by atoms with van der Waals surface area (Å²) >= 11 is 0. The van der Waals surface area contributed by atoms with Crippen LogP contribution in [0.2, 0.25) is 0 Å². The van der Waals surface area contributed by atoms with Gasteiger partial charge < -0.3 is 10.1 Å². The summed E-state index contributed by atoms with van der Waals surface area (Å²) in [5, 5.41) is 29.3. The third-order valence-corrected chi connectivity index (χ3v) is 2.76. The van der Waals surface area contributed by atoms with Crippen LogP contribution in [-0.2, 0) is 0 Å². The highest BCUT2D eigenvalue weighted by atomic mass is 16.6. The Hall–Kier alpha value is -3.14. The van der Waals surface area contributed by atoms with E-state index in [2.05, 4.69) is 4.98 Å². The minimum Gasteiger partial charge on any atom is -0.502 e. The number of aromatic nitrogens is 1. The lowest BCUT2D eigenvalue weighted by Gasteiger charge is -2.06. The molecule has 2 N–H and O–H groups in total. The fourth-order valence-corrected chi connectivity index (χ4v) is 1.87. The molecule has 1 aromatic heterocycles. The first-order valence-electron chi connectivity index (χ1n) is 5.56. The number of nitrogens with zero attached hydrogens (tertiary/aromatic N) is 2. The number of aryl methyl sites for hydroxylation is 1. The second-order valence-electron chi connectivity index (χ2n) is 4.14. The molecule has 0 radical (unpaired) electrons. The standard InChI is InChI=1S/C13H9N3O4/c1-7-4-9(10(6-14)13(18)15-7)8-2-3-11(16(19)20)12(17)5-8/h2-5,17H,1H3,(H,15,18). The van der Waals surface area contributed by atoms with Crippen molar-refractivity contribution in [2.24, 2.45) is 0 Å². The highest BCUT2D eigenvalue weighted by molar-refractivity contribution is 5.73. The summed E-state index contributed by atoms with van der Waals surface area (Å²) in [7, 11) is 0. The van der Waals surface area contributed by atoms with E-state index < -0.39 is 21.9 Å². The monoisotopic (exact) mass is 271 g/mol. The summed E-state index contributed by atoms with van der Waals surface area (Å²) in [4.78, 5) is 24.1. The molecule has 0 bridgehead atoms. The molecular formula is C13H9N3O4. The van der Waals surface area contributed by atoms with Gasteiger partial charge in [-0.05, 0) is 30.7 Å². The molecule has 0 saturated heterocycles. The van der Waals surface area contributed by atoms with Crippen LogP contribution in [0.25, 0.3) is 11.1 Å². The third kappa shape index (κ3) is 2.22. The van der Waals surface area contributed by atoms with E-state index in [4.69, 9.17) is 5.26 Å². The van der Waals surface area contributed by atoms with Crippen LogP contribution in [0, 0.1) is 28.4 Å². The molecule has 7 nitrogen and oxygen atoms in total. The molecule has 0 saturated carbocycles. The van der Waals surface area contributed by atoms with Crippen LogP contribution in [0.3, 0.4) is 0 Å². The maximum atomic E-state index is 11.7. The van der Waals surface area contributed by atoms with Crippen molar-refractivity contribution >= 4 is 5.69 Å². The van der Waals surface area contributed by atoms with Gasteiger partial charge in [-0.2, -0.15) is 5.26 Å². The van der Waals surface area contributed by atoms with Crippen molar-refractivity contribution in [1.29, 1.82) is 5.26 Å². The van der Waals surface area contributed by atoms with Gasteiger partial charge in [-0.1, -0.05) is 0 Å². The number of benzene rings is 1. The second-order valence-corrected chi connectivity index (χ2v) is 4.14. The van der Waals surface area contributed by atoms with Crippen molar-refractivity contribution in [3.8, 4) is 22.9 Å². The lowest BCUT2D eigenvalue weighted by atomic mass is 10.0. The number of phenols is 1. The van der Waals surface area contributed by atoms with Crippen LogP contribution >= 0.6 is 0 Å². The van der Waals surface area contributed by atoms with E-state index in [0.717, 1.165) is 12.1 Å². The number of nitro benzene ring substituents is 1. The molecule has 20 heavy (non-hydrogen) atoms. The Morgan fingerprint density at radius 2 is 2.10 bits per heavy atom. The lowest BCUT2D eigenvalue weighted by molar-refractivity contribution is -0.385. The predicted octanol–water partition coefficient (Wildman–Crippen LogP) is 1.84. The van der Waals surface area contributed by atoms with Gasteiger partial charge in [0.2, 0.25) is 0 Å². The van der Waals surface area contributed by atoms with Crippen molar-refractivity contribution in [2.45, 2.75) is 6.92 Å². The van der Waals surface area contributed by atoms with Crippen LogP contribution < -0.4 is 5.56 Å². The molecule has 0 atom stereocenters. The maximum absolute atomic E-state index is 11.7. The van der Waals surface area contributed by atoms with E-state index in [1.54, 1.807) is 19.1 Å². The first kappa shape index (κ1) is 13.3. The molecule has 0 amide bonds. The summed E-state index contributed by atoms with van der Waals surface area (Å²) < 4.78 is 0. The number of nitrogens with one attached hydrogen (secondary N) is 1. The van der Waals surface area contributed by atoms with Crippen molar-refractivity contribution < 1.29 is 10.0 Å². The number of phenolic OH excluding ortho intramolecular Hbond substituents is 1. The largest absolute Gasteiger partial charge is 0.502 e. The zero-order valence-electron chi connectivity index (χ0n) is 10.4. The van der Waals surface area contributed by atoms with Gasteiger partial charge in [0.1, 0.15) is 11.6 Å². The van der Waals surface area contributed by atoms with Gasteiger partial charge in [0.25, 0.3) is 5.56 Å². The SMILES string of the molecule is Cc1cc(-c2ccc([N+](=O)[O-])c(O)c2)c(C#N)c(=O)[nH]1. The fourth-order valence-electron chi connectivity index (χ4n) is 1.87. The average molecular weight is 271 g/mol. The Bertz CT molecular complexity index is 802. The average Bonchev–Trinajstić information content (AvgIpc) is 2.37. The van der Waals surface area contributed by atoms with Gasteiger partial charge >= 0.3 is 5.69 Å².